The van der Waals surface area contributed by atoms with Crippen molar-refractivity contribution in [3.63, 3.8) is 0 Å². The summed E-state index contributed by atoms with van der Waals surface area (Å²) in [7, 11) is 0. The Morgan fingerprint density at radius 3 is 2.58 bits per heavy atom. The minimum atomic E-state index is 0.561. The van der Waals surface area contributed by atoms with E-state index in [1.54, 1.807) is 0 Å². The van der Waals surface area contributed by atoms with Gasteiger partial charge in [-0.15, -0.1) is 0 Å². The highest BCUT2D eigenvalue weighted by atomic mass is 16.5. The van der Waals surface area contributed by atoms with E-state index in [1.165, 1.54) is 12.8 Å². The molecule has 26 heavy (non-hydrogen) atoms. The molecule has 0 aliphatic rings. The third-order valence-corrected chi connectivity index (χ3v) is 4.00. The normalized spacial score (nSPS) is 10.5. The Balaban J connectivity index is 1.86. The maximum absolute atomic E-state index is 5.95. The van der Waals surface area contributed by atoms with Crippen molar-refractivity contribution < 1.29 is 14.2 Å². The van der Waals surface area contributed by atoms with Crippen LogP contribution in [0.2, 0.25) is 0 Å². The van der Waals surface area contributed by atoms with Crippen molar-refractivity contribution in [3.8, 4) is 11.5 Å². The Hall–Kier alpha value is -2.20. The molecule has 0 aliphatic carbocycles. The number of rotatable bonds is 13. The zero-order valence-electron chi connectivity index (χ0n) is 16.0. The highest BCUT2D eigenvalue weighted by Gasteiger charge is 2.04. The van der Waals surface area contributed by atoms with Crippen molar-refractivity contribution in [2.75, 3.05) is 31.7 Å². The monoisotopic (exact) mass is 357 g/mol. The molecule has 0 radical (unpaired) electrons. The van der Waals surface area contributed by atoms with Crippen molar-refractivity contribution in [2.45, 2.75) is 39.7 Å². The summed E-state index contributed by atoms with van der Waals surface area (Å²) in [5.41, 5.74) is 2.19. The van der Waals surface area contributed by atoms with Crippen LogP contribution in [0, 0.1) is 0 Å². The van der Waals surface area contributed by atoms with Gasteiger partial charge in [-0.1, -0.05) is 44.0 Å². The molecular formula is C22H31NO3. The molecule has 0 aliphatic heterocycles. The second-order valence-corrected chi connectivity index (χ2v) is 6.09. The Kier molecular flexibility index (Phi) is 9.44. The van der Waals surface area contributed by atoms with Gasteiger partial charge in [0.15, 0.2) is 0 Å². The quantitative estimate of drug-likeness (QED) is 0.495. The fourth-order valence-electron chi connectivity index (χ4n) is 2.58. The third-order valence-electron chi connectivity index (χ3n) is 4.00. The zero-order chi connectivity index (χ0) is 18.5. The fraction of sp³-hybridized carbons (Fsp3) is 0.455. The van der Waals surface area contributed by atoms with Crippen molar-refractivity contribution >= 4 is 5.69 Å². The topological polar surface area (TPSA) is 39.7 Å². The lowest BCUT2D eigenvalue weighted by molar-refractivity contribution is 0.110. The van der Waals surface area contributed by atoms with Gasteiger partial charge in [0, 0.05) is 30.5 Å². The summed E-state index contributed by atoms with van der Waals surface area (Å²) in [6.45, 7) is 7.55. The van der Waals surface area contributed by atoms with E-state index in [0.29, 0.717) is 26.4 Å². The lowest BCUT2D eigenvalue weighted by atomic mass is 10.2. The van der Waals surface area contributed by atoms with Crippen LogP contribution >= 0.6 is 0 Å². The van der Waals surface area contributed by atoms with Gasteiger partial charge in [-0.2, -0.15) is 0 Å². The van der Waals surface area contributed by atoms with Gasteiger partial charge in [-0.3, -0.25) is 0 Å². The van der Waals surface area contributed by atoms with Crippen LogP contribution in [0.25, 0.3) is 0 Å². The average molecular weight is 357 g/mol. The molecule has 0 aromatic heterocycles. The molecule has 0 saturated carbocycles. The molecular weight excluding hydrogens is 326 g/mol. The largest absolute Gasteiger partial charge is 0.493 e. The lowest BCUT2D eigenvalue weighted by Gasteiger charge is -2.13. The molecule has 2 aromatic carbocycles. The molecule has 0 spiro atoms. The number of para-hydroxylation sites is 1. The Labute approximate surface area is 157 Å². The fourth-order valence-corrected chi connectivity index (χ4v) is 2.58. The van der Waals surface area contributed by atoms with Crippen LogP contribution in [0.1, 0.15) is 38.7 Å². The van der Waals surface area contributed by atoms with Gasteiger partial charge in [0.05, 0.1) is 13.2 Å². The van der Waals surface area contributed by atoms with Gasteiger partial charge < -0.3 is 19.5 Å². The Morgan fingerprint density at radius 2 is 1.73 bits per heavy atom. The molecule has 0 heterocycles. The number of anilines is 1. The summed E-state index contributed by atoms with van der Waals surface area (Å²) in [6.07, 6.45) is 3.51. The van der Waals surface area contributed by atoms with Crippen LogP contribution in [-0.2, 0) is 11.3 Å². The van der Waals surface area contributed by atoms with Crippen LogP contribution < -0.4 is 14.8 Å². The molecule has 4 nitrogen and oxygen atoms in total. The molecule has 0 fully saturated rings. The molecule has 142 valence electrons. The van der Waals surface area contributed by atoms with E-state index in [9.17, 15) is 0 Å². The van der Waals surface area contributed by atoms with E-state index >= 15 is 0 Å². The summed E-state index contributed by atoms with van der Waals surface area (Å²) < 4.78 is 17.0. The highest BCUT2D eigenvalue weighted by molar-refractivity contribution is 5.49. The Bertz CT molecular complexity index is 630. The number of hydrogen-bond donors (Lipinski definition) is 1. The first-order chi connectivity index (χ1) is 12.8. The van der Waals surface area contributed by atoms with Crippen molar-refractivity contribution in [2.24, 2.45) is 0 Å². The summed E-state index contributed by atoms with van der Waals surface area (Å²) in [4.78, 5) is 0. The number of nitrogens with one attached hydrogen (secondary N) is 1. The van der Waals surface area contributed by atoms with Gasteiger partial charge in [0.2, 0.25) is 0 Å². The standard InChI is InChI=1S/C22H31NO3/c1-3-5-8-14-26-22-13-7-6-10-19(22)18-23-20-11-9-12-21(17-20)25-16-15-24-4-2/h6-7,9-13,17,23H,3-5,8,14-16,18H2,1-2H3. The minimum absolute atomic E-state index is 0.561. The maximum Gasteiger partial charge on any atom is 0.124 e. The number of benzene rings is 2. The van der Waals surface area contributed by atoms with Gasteiger partial charge in [0.25, 0.3) is 0 Å². The molecule has 2 rings (SSSR count). The van der Waals surface area contributed by atoms with Crippen LogP contribution in [0.15, 0.2) is 48.5 Å². The molecule has 1 N–H and O–H groups in total. The molecule has 4 heteroatoms. The van der Waals surface area contributed by atoms with Crippen LogP contribution in [-0.4, -0.2) is 26.4 Å². The van der Waals surface area contributed by atoms with Gasteiger partial charge in [-0.25, -0.2) is 0 Å². The molecule has 0 unspecified atom stereocenters. The van der Waals surface area contributed by atoms with E-state index in [4.69, 9.17) is 14.2 Å². The van der Waals surface area contributed by atoms with Gasteiger partial charge >= 0.3 is 0 Å². The maximum atomic E-state index is 5.95. The average Bonchev–Trinajstić information content (AvgIpc) is 2.68. The zero-order valence-corrected chi connectivity index (χ0v) is 16.0. The van der Waals surface area contributed by atoms with Crippen molar-refractivity contribution in [3.05, 3.63) is 54.1 Å². The van der Waals surface area contributed by atoms with Crippen LogP contribution in [0.3, 0.4) is 0 Å². The predicted molar refractivity (Wildman–Crippen MR) is 107 cm³/mol. The lowest BCUT2D eigenvalue weighted by Crippen LogP contribution is -2.07. The summed E-state index contributed by atoms with van der Waals surface area (Å²) in [5.74, 6) is 1.80. The van der Waals surface area contributed by atoms with Gasteiger partial charge in [0.1, 0.15) is 18.1 Å². The van der Waals surface area contributed by atoms with E-state index in [0.717, 1.165) is 35.8 Å². The third kappa shape index (κ3) is 7.36. The first-order valence-corrected chi connectivity index (χ1v) is 9.58. The molecule has 0 bridgehead atoms. The smallest absolute Gasteiger partial charge is 0.124 e. The van der Waals surface area contributed by atoms with Crippen molar-refractivity contribution in [1.29, 1.82) is 0 Å². The number of ether oxygens (including phenoxy) is 3. The minimum Gasteiger partial charge on any atom is -0.493 e. The van der Waals surface area contributed by atoms with Crippen LogP contribution in [0.5, 0.6) is 11.5 Å². The molecule has 0 amide bonds. The second kappa shape index (κ2) is 12.2. The van der Waals surface area contributed by atoms with E-state index < -0.39 is 0 Å². The molecule has 2 aromatic rings. The summed E-state index contributed by atoms with van der Waals surface area (Å²) >= 11 is 0. The number of hydrogen-bond acceptors (Lipinski definition) is 4. The van der Waals surface area contributed by atoms with E-state index in [2.05, 4.69) is 18.3 Å². The second-order valence-electron chi connectivity index (χ2n) is 6.09. The van der Waals surface area contributed by atoms with E-state index in [-0.39, 0.29) is 0 Å². The van der Waals surface area contributed by atoms with E-state index in [1.807, 2.05) is 49.4 Å². The highest BCUT2D eigenvalue weighted by Crippen LogP contribution is 2.22. The Morgan fingerprint density at radius 1 is 0.846 bits per heavy atom. The first-order valence-electron chi connectivity index (χ1n) is 9.58. The predicted octanol–water partition coefficient (Wildman–Crippen LogP) is 5.28. The molecule has 0 atom stereocenters. The first kappa shape index (κ1) is 20.1. The SMILES string of the molecule is CCCCCOc1ccccc1CNc1cccc(OCCOCC)c1. The number of unbranched alkanes of at least 4 members (excludes halogenated alkanes) is 2. The molecule has 0 saturated heterocycles. The van der Waals surface area contributed by atoms with Crippen molar-refractivity contribution in [1.82, 2.24) is 0 Å². The van der Waals surface area contributed by atoms with Gasteiger partial charge in [-0.05, 0) is 31.5 Å². The van der Waals surface area contributed by atoms with Crippen LogP contribution in [0.4, 0.5) is 5.69 Å². The summed E-state index contributed by atoms with van der Waals surface area (Å²) in [5, 5.41) is 3.45. The summed E-state index contributed by atoms with van der Waals surface area (Å²) in [6, 6.07) is 16.2.